The monoisotopic (exact) mass is 363 g/mol. The normalized spacial score (nSPS) is 35.7. The van der Waals surface area contributed by atoms with Gasteiger partial charge in [0.15, 0.2) is 5.78 Å². The highest BCUT2D eigenvalue weighted by Crippen LogP contribution is 2.72. The molecular weight excluding hydrogens is 342 g/mol. The molecule has 118 valence electrons. The van der Waals surface area contributed by atoms with Crippen LogP contribution in [0.4, 0.5) is 5.69 Å². The Kier molecular flexibility index (Phi) is 3.34. The molecule has 0 spiro atoms. The average Bonchev–Trinajstić information content (AvgIpc) is 2.74. The molecule has 3 rings (SSSR count). The van der Waals surface area contributed by atoms with Gasteiger partial charge in [-0.25, -0.2) is 0 Å². The topological polar surface area (TPSA) is 46.2 Å². The Morgan fingerprint density at radius 3 is 2.27 bits per heavy atom. The van der Waals surface area contributed by atoms with Crippen molar-refractivity contribution < 1.29 is 9.59 Å². The summed E-state index contributed by atoms with van der Waals surface area (Å²) in [5.74, 6) is 0.126. The van der Waals surface area contributed by atoms with Crippen molar-refractivity contribution in [1.82, 2.24) is 0 Å². The number of halogens is 1. The van der Waals surface area contributed by atoms with E-state index < -0.39 is 15.7 Å². The molecule has 4 heteroatoms. The number of anilines is 1. The number of aryl methyl sites for hydroxylation is 1. The summed E-state index contributed by atoms with van der Waals surface area (Å²) in [5, 5.41) is 3.03. The van der Waals surface area contributed by atoms with Crippen molar-refractivity contribution >= 4 is 33.3 Å². The lowest BCUT2D eigenvalue weighted by atomic mass is 9.64. The zero-order valence-corrected chi connectivity index (χ0v) is 15.1. The number of carbonyl (C=O) groups excluding carboxylic acids is 2. The van der Waals surface area contributed by atoms with Crippen LogP contribution in [0, 0.1) is 23.2 Å². The van der Waals surface area contributed by atoms with E-state index >= 15 is 0 Å². The first-order valence-electron chi connectivity index (χ1n) is 7.73. The molecular formula is C18H22BrNO2. The van der Waals surface area contributed by atoms with Gasteiger partial charge in [-0.05, 0) is 37.3 Å². The van der Waals surface area contributed by atoms with E-state index in [9.17, 15) is 9.59 Å². The Hall–Kier alpha value is -1.16. The van der Waals surface area contributed by atoms with E-state index in [1.54, 1.807) is 0 Å². The number of ketones is 1. The third kappa shape index (κ3) is 1.67. The van der Waals surface area contributed by atoms with Crippen LogP contribution < -0.4 is 5.32 Å². The molecule has 0 aliphatic heterocycles. The Morgan fingerprint density at radius 2 is 1.77 bits per heavy atom. The smallest absolute Gasteiger partial charge is 0.232 e. The van der Waals surface area contributed by atoms with Crippen LogP contribution in [-0.2, 0) is 9.59 Å². The highest BCUT2D eigenvalue weighted by Gasteiger charge is 2.76. The minimum Gasteiger partial charge on any atom is -0.326 e. The van der Waals surface area contributed by atoms with Crippen molar-refractivity contribution in [2.24, 2.45) is 16.2 Å². The van der Waals surface area contributed by atoms with Crippen molar-refractivity contribution in [1.29, 1.82) is 0 Å². The van der Waals surface area contributed by atoms with Crippen LogP contribution in [0.1, 0.15) is 39.2 Å². The van der Waals surface area contributed by atoms with Crippen molar-refractivity contribution in [2.45, 2.75) is 45.4 Å². The summed E-state index contributed by atoms with van der Waals surface area (Å²) in [5.41, 5.74) is 0.475. The molecule has 0 saturated heterocycles. The van der Waals surface area contributed by atoms with Gasteiger partial charge in [-0.3, -0.25) is 9.59 Å². The highest BCUT2D eigenvalue weighted by atomic mass is 79.9. The number of alkyl halides is 1. The maximum Gasteiger partial charge on any atom is 0.232 e. The van der Waals surface area contributed by atoms with Crippen LogP contribution in [0.3, 0.4) is 0 Å². The molecule has 2 aliphatic rings. The highest BCUT2D eigenvalue weighted by molar-refractivity contribution is 9.10. The second kappa shape index (κ2) is 4.67. The van der Waals surface area contributed by atoms with E-state index in [0.29, 0.717) is 0 Å². The molecule has 0 heterocycles. The summed E-state index contributed by atoms with van der Waals surface area (Å²) in [6.07, 6.45) is 1.53. The van der Waals surface area contributed by atoms with Gasteiger partial charge in [-0.2, -0.15) is 0 Å². The van der Waals surface area contributed by atoms with E-state index in [0.717, 1.165) is 24.1 Å². The summed E-state index contributed by atoms with van der Waals surface area (Å²) in [4.78, 5) is 25.4. The van der Waals surface area contributed by atoms with Crippen molar-refractivity contribution in [3.63, 3.8) is 0 Å². The van der Waals surface area contributed by atoms with Gasteiger partial charge in [0, 0.05) is 11.1 Å². The summed E-state index contributed by atoms with van der Waals surface area (Å²) < 4.78 is 0. The quantitative estimate of drug-likeness (QED) is 0.804. The molecule has 2 bridgehead atoms. The molecule has 2 saturated carbocycles. The number of carbonyl (C=O) groups is 2. The van der Waals surface area contributed by atoms with Gasteiger partial charge < -0.3 is 5.32 Å². The molecule has 1 amide bonds. The zero-order chi connectivity index (χ0) is 16.3. The summed E-state index contributed by atoms with van der Waals surface area (Å²) in [6, 6.07) is 7.77. The molecule has 22 heavy (non-hydrogen) atoms. The Labute approximate surface area is 140 Å². The molecule has 2 fully saturated rings. The van der Waals surface area contributed by atoms with E-state index in [4.69, 9.17) is 0 Å². The average molecular weight is 364 g/mol. The maximum atomic E-state index is 13.1. The molecule has 1 aromatic rings. The minimum absolute atomic E-state index is 0.0437. The van der Waals surface area contributed by atoms with Crippen LogP contribution in [-0.4, -0.2) is 16.5 Å². The first-order valence-corrected chi connectivity index (χ1v) is 8.65. The molecule has 0 radical (unpaired) electrons. The van der Waals surface area contributed by atoms with Gasteiger partial charge in [0.05, 0.1) is 10.2 Å². The number of nitrogens with one attached hydrogen (secondary N) is 1. The molecule has 1 aromatic carbocycles. The van der Waals surface area contributed by atoms with Crippen LogP contribution in [0.25, 0.3) is 0 Å². The van der Waals surface area contributed by atoms with Gasteiger partial charge in [-0.15, -0.1) is 0 Å². The van der Waals surface area contributed by atoms with Crippen LogP contribution in [0.5, 0.6) is 0 Å². The number of hydrogen-bond acceptors (Lipinski definition) is 2. The van der Waals surface area contributed by atoms with Crippen LogP contribution in [0.2, 0.25) is 0 Å². The molecule has 2 aliphatic carbocycles. The largest absolute Gasteiger partial charge is 0.326 e. The van der Waals surface area contributed by atoms with Gasteiger partial charge in [0.1, 0.15) is 0 Å². The van der Waals surface area contributed by atoms with Gasteiger partial charge in [0.25, 0.3) is 0 Å². The second-order valence-electron chi connectivity index (χ2n) is 7.48. The fourth-order valence-corrected chi connectivity index (χ4v) is 5.85. The molecule has 0 aromatic heterocycles. The fraction of sp³-hybridized carbons (Fsp3) is 0.556. The lowest BCUT2D eigenvalue weighted by molar-refractivity contribution is -0.130. The third-order valence-corrected chi connectivity index (χ3v) is 7.63. The standard InChI is InChI=1S/C18H22BrNO2/c1-11-5-7-12(8-6-11)20-15(22)18-10-9-17(4,16(18,2)3)14(21)13(18)19/h5-8,13H,9-10H2,1-4H3,(H,20,22)/t13-,17+,18+/m0/s1. The second-order valence-corrected chi connectivity index (χ2v) is 8.39. The van der Waals surface area contributed by atoms with E-state index in [2.05, 4.69) is 35.1 Å². The maximum absolute atomic E-state index is 13.1. The van der Waals surface area contributed by atoms with Crippen LogP contribution in [0.15, 0.2) is 24.3 Å². The summed E-state index contributed by atoms with van der Waals surface area (Å²) >= 11 is 3.54. The van der Waals surface area contributed by atoms with E-state index in [1.165, 1.54) is 0 Å². The zero-order valence-electron chi connectivity index (χ0n) is 13.5. The number of Topliss-reactive ketones (excluding diaryl/α,β-unsaturated/α-hetero) is 1. The van der Waals surface area contributed by atoms with Crippen molar-refractivity contribution in [3.8, 4) is 0 Å². The van der Waals surface area contributed by atoms with Gasteiger partial charge in [-0.1, -0.05) is 54.4 Å². The van der Waals surface area contributed by atoms with Gasteiger partial charge in [0.2, 0.25) is 5.91 Å². The van der Waals surface area contributed by atoms with Crippen LogP contribution >= 0.6 is 15.9 Å². The number of amides is 1. The van der Waals surface area contributed by atoms with Crippen molar-refractivity contribution in [3.05, 3.63) is 29.8 Å². The SMILES string of the molecule is Cc1ccc(NC(=O)[C@@]23CC[C@](C)(C(=O)[C@@H]2Br)C3(C)C)cc1. The van der Waals surface area contributed by atoms with Crippen molar-refractivity contribution in [2.75, 3.05) is 5.32 Å². The summed E-state index contributed by atoms with van der Waals surface area (Å²) in [6.45, 7) is 8.15. The number of hydrogen-bond donors (Lipinski definition) is 1. The lowest BCUT2D eigenvalue weighted by Crippen LogP contribution is -2.47. The first-order chi connectivity index (χ1) is 10.2. The predicted molar refractivity (Wildman–Crippen MR) is 91.1 cm³/mol. The number of benzene rings is 1. The lowest BCUT2D eigenvalue weighted by Gasteiger charge is -2.39. The van der Waals surface area contributed by atoms with Gasteiger partial charge >= 0.3 is 0 Å². The fourth-order valence-electron chi connectivity index (χ4n) is 4.33. The van der Waals surface area contributed by atoms with E-state index in [1.807, 2.05) is 38.1 Å². The summed E-state index contributed by atoms with van der Waals surface area (Å²) in [7, 11) is 0. The third-order valence-electron chi connectivity index (χ3n) is 6.44. The Balaban J connectivity index is 1.97. The predicted octanol–water partition coefficient (Wildman–Crippen LogP) is 4.09. The molecule has 3 atom stereocenters. The number of rotatable bonds is 2. The number of fused-ring (bicyclic) bond motifs is 2. The minimum atomic E-state index is -0.677. The Bertz CT molecular complexity index is 652. The van der Waals surface area contributed by atoms with E-state index in [-0.39, 0.29) is 17.1 Å². The molecule has 1 N–H and O–H groups in total. The first kappa shape index (κ1) is 15.7. The molecule has 3 nitrogen and oxygen atoms in total. The molecule has 0 unspecified atom stereocenters. The Morgan fingerprint density at radius 1 is 1.18 bits per heavy atom.